The Balaban J connectivity index is 1.59. The number of aryl methyl sites for hydroxylation is 2. The van der Waals surface area contributed by atoms with E-state index in [9.17, 15) is 4.79 Å². The van der Waals surface area contributed by atoms with Crippen molar-refractivity contribution in [3.8, 4) is 0 Å². The monoisotopic (exact) mass is 454 g/mol. The molecule has 0 radical (unpaired) electrons. The Morgan fingerprint density at radius 1 is 1.09 bits per heavy atom. The van der Waals surface area contributed by atoms with E-state index in [1.165, 1.54) is 24.0 Å². The number of anilines is 1. The fraction of sp³-hybridized carbons (Fsp3) is 0.407. The predicted octanol–water partition coefficient (Wildman–Crippen LogP) is 4.79. The van der Waals surface area contributed by atoms with E-state index in [1.54, 1.807) is 0 Å². The summed E-state index contributed by atoms with van der Waals surface area (Å²) in [6, 6.07) is 14.9. The lowest BCUT2D eigenvalue weighted by Gasteiger charge is -2.34. The van der Waals surface area contributed by atoms with Gasteiger partial charge < -0.3 is 9.88 Å². The highest BCUT2D eigenvalue weighted by Crippen LogP contribution is 2.42. The largest absolute Gasteiger partial charge is 0.354 e. The highest BCUT2D eigenvalue weighted by Gasteiger charge is 2.39. The van der Waals surface area contributed by atoms with Gasteiger partial charge in [-0.25, -0.2) is 4.68 Å². The summed E-state index contributed by atoms with van der Waals surface area (Å²) in [5.74, 6) is 0.754. The van der Waals surface area contributed by atoms with Gasteiger partial charge in [-0.3, -0.25) is 4.79 Å². The first kappa shape index (κ1) is 21.1. The molecule has 7 nitrogen and oxygen atoms in total. The molecule has 1 aliphatic carbocycles. The molecule has 3 heterocycles. The number of para-hydroxylation sites is 1. The quantitative estimate of drug-likeness (QED) is 0.480. The number of nitrogens with one attached hydrogen (secondary N) is 1. The number of fused-ring (bicyclic) bond motifs is 2. The average molecular weight is 455 g/mol. The molecule has 6 rings (SSSR count). The van der Waals surface area contributed by atoms with Gasteiger partial charge in [0.2, 0.25) is 0 Å². The third-order valence-corrected chi connectivity index (χ3v) is 7.85. The van der Waals surface area contributed by atoms with Crippen LogP contribution in [-0.4, -0.2) is 31.2 Å². The maximum absolute atomic E-state index is 13.7. The van der Waals surface area contributed by atoms with Crippen LogP contribution in [0.25, 0.3) is 10.9 Å². The zero-order chi connectivity index (χ0) is 23.4. The molecule has 0 saturated heterocycles. The zero-order valence-electron chi connectivity index (χ0n) is 20.0. The van der Waals surface area contributed by atoms with E-state index in [0.29, 0.717) is 5.56 Å². The van der Waals surface area contributed by atoms with Crippen molar-refractivity contribution >= 4 is 16.6 Å². The number of hydrogen-bond donors (Lipinski definition) is 1. The number of pyridine rings is 1. The van der Waals surface area contributed by atoms with Crippen LogP contribution in [0.4, 0.5) is 5.69 Å². The molecule has 0 unspecified atom stereocenters. The first-order valence-corrected chi connectivity index (χ1v) is 12.3. The Morgan fingerprint density at radius 3 is 2.71 bits per heavy atom. The maximum atomic E-state index is 13.7. The van der Waals surface area contributed by atoms with E-state index in [-0.39, 0.29) is 23.7 Å². The van der Waals surface area contributed by atoms with Crippen LogP contribution in [0.15, 0.2) is 47.3 Å². The smallest absolute Gasteiger partial charge is 0.254 e. The molecule has 2 aromatic heterocycles. The van der Waals surface area contributed by atoms with Crippen molar-refractivity contribution in [1.29, 1.82) is 0 Å². The van der Waals surface area contributed by atoms with Crippen LogP contribution in [-0.2, 0) is 6.42 Å². The molecule has 0 amide bonds. The van der Waals surface area contributed by atoms with Crippen LogP contribution in [0.3, 0.4) is 0 Å². The third-order valence-electron chi connectivity index (χ3n) is 7.85. The van der Waals surface area contributed by atoms with Gasteiger partial charge in [0.05, 0.1) is 11.6 Å². The first-order chi connectivity index (χ1) is 16.5. The summed E-state index contributed by atoms with van der Waals surface area (Å²) in [6.07, 6.45) is 5.45. The first-order valence-electron chi connectivity index (χ1n) is 12.3. The molecule has 0 bridgehead atoms. The molecular weight excluding hydrogens is 424 g/mol. The number of tetrazole rings is 1. The van der Waals surface area contributed by atoms with Gasteiger partial charge in [-0.15, -0.1) is 5.10 Å². The van der Waals surface area contributed by atoms with E-state index < -0.39 is 0 Å². The molecular formula is C27H30N6O. The Labute approximate surface area is 198 Å². The second-order valence-corrected chi connectivity index (χ2v) is 9.94. The molecule has 2 atom stereocenters. The minimum Gasteiger partial charge on any atom is -0.354 e. The lowest BCUT2D eigenvalue weighted by atomic mass is 9.99. The summed E-state index contributed by atoms with van der Waals surface area (Å²) in [7, 11) is 0. The Bertz CT molecular complexity index is 1430. The van der Waals surface area contributed by atoms with E-state index in [1.807, 2.05) is 10.7 Å². The molecule has 34 heavy (non-hydrogen) atoms. The summed E-state index contributed by atoms with van der Waals surface area (Å²) in [5.41, 5.74) is 6.23. The normalized spacial score (nSPS) is 19.1. The molecule has 2 aromatic carbocycles. The molecule has 1 fully saturated rings. The summed E-state index contributed by atoms with van der Waals surface area (Å²) in [6.45, 7) is 6.35. The van der Waals surface area contributed by atoms with Gasteiger partial charge in [-0.2, -0.15) is 0 Å². The highest BCUT2D eigenvalue weighted by molar-refractivity contribution is 5.83. The van der Waals surface area contributed by atoms with Crippen LogP contribution >= 0.6 is 0 Å². The molecule has 2 aliphatic rings. The van der Waals surface area contributed by atoms with Crippen molar-refractivity contribution in [2.45, 2.75) is 71.0 Å². The minimum atomic E-state index is -0.371. The minimum absolute atomic E-state index is 0.0799. The molecule has 0 spiro atoms. The molecule has 1 N–H and O–H groups in total. The number of hydrogen-bond acceptors (Lipinski definition) is 5. The maximum Gasteiger partial charge on any atom is 0.254 e. The van der Waals surface area contributed by atoms with Gasteiger partial charge in [0.1, 0.15) is 6.04 Å². The fourth-order valence-corrected chi connectivity index (χ4v) is 5.93. The Kier molecular flexibility index (Phi) is 5.01. The standard InChI is InChI=1S/C27H30N6O/c1-16-12-13-20-15-22(27(34)28-24(20)18(16)3)25(26-29-30-31-33(26)21-9-5-6-10-21)32-17(2)14-19-8-4-7-11-23(19)32/h4,7-8,11-13,15,17,21,25H,5-6,9-10,14H2,1-3H3,(H,28,34)/t17-,25+/m0/s1. The van der Waals surface area contributed by atoms with Gasteiger partial charge in [-0.1, -0.05) is 43.2 Å². The van der Waals surface area contributed by atoms with Crippen LogP contribution in [0.5, 0.6) is 0 Å². The van der Waals surface area contributed by atoms with Gasteiger partial charge in [0, 0.05) is 17.3 Å². The topological polar surface area (TPSA) is 79.7 Å². The fourth-order valence-electron chi connectivity index (χ4n) is 5.93. The highest BCUT2D eigenvalue weighted by atomic mass is 16.1. The molecule has 174 valence electrons. The van der Waals surface area contributed by atoms with Crippen molar-refractivity contribution in [3.05, 3.63) is 80.9 Å². The van der Waals surface area contributed by atoms with Gasteiger partial charge in [0.15, 0.2) is 5.82 Å². The summed E-state index contributed by atoms with van der Waals surface area (Å²) >= 11 is 0. The van der Waals surface area contributed by atoms with Crippen molar-refractivity contribution in [3.63, 3.8) is 0 Å². The van der Waals surface area contributed by atoms with Crippen LogP contribution < -0.4 is 10.5 Å². The van der Waals surface area contributed by atoms with Crippen LogP contribution in [0.2, 0.25) is 0 Å². The zero-order valence-corrected chi connectivity index (χ0v) is 20.0. The number of H-pyrrole nitrogens is 1. The number of aromatic nitrogens is 5. The van der Waals surface area contributed by atoms with Gasteiger partial charge in [0.25, 0.3) is 5.56 Å². The second kappa shape index (κ2) is 8.08. The Morgan fingerprint density at radius 2 is 1.88 bits per heavy atom. The van der Waals surface area contributed by atoms with Crippen molar-refractivity contribution in [2.24, 2.45) is 0 Å². The van der Waals surface area contributed by atoms with Crippen molar-refractivity contribution in [1.82, 2.24) is 25.2 Å². The SMILES string of the molecule is Cc1ccc2cc([C@H](c3nnnn3C3CCCC3)N3c4ccccc4C[C@@H]3C)c(=O)[nH]c2c1C. The van der Waals surface area contributed by atoms with E-state index in [2.05, 4.69) is 82.6 Å². The molecule has 4 aromatic rings. The second-order valence-electron chi connectivity index (χ2n) is 9.94. The molecule has 7 heteroatoms. The number of nitrogens with zero attached hydrogens (tertiary/aromatic N) is 5. The van der Waals surface area contributed by atoms with Crippen LogP contribution in [0, 0.1) is 13.8 Å². The Hall–Kier alpha value is -3.48. The number of benzene rings is 2. The third kappa shape index (κ3) is 3.25. The van der Waals surface area contributed by atoms with Crippen molar-refractivity contribution < 1.29 is 0 Å². The lowest BCUT2D eigenvalue weighted by molar-refractivity contribution is 0.423. The number of rotatable bonds is 4. The van der Waals surface area contributed by atoms with E-state index in [0.717, 1.165) is 47.2 Å². The summed E-state index contributed by atoms with van der Waals surface area (Å²) in [5, 5.41) is 14.1. The number of aromatic amines is 1. The van der Waals surface area contributed by atoms with E-state index >= 15 is 0 Å². The van der Waals surface area contributed by atoms with E-state index in [4.69, 9.17) is 0 Å². The van der Waals surface area contributed by atoms with Crippen LogP contribution in [0.1, 0.15) is 72.8 Å². The molecule has 1 aliphatic heterocycles. The lowest BCUT2D eigenvalue weighted by Crippen LogP contribution is -2.39. The van der Waals surface area contributed by atoms with Crippen molar-refractivity contribution in [2.75, 3.05) is 4.90 Å². The molecule has 1 saturated carbocycles. The van der Waals surface area contributed by atoms with Gasteiger partial charge >= 0.3 is 0 Å². The predicted molar refractivity (Wildman–Crippen MR) is 133 cm³/mol. The van der Waals surface area contributed by atoms with Gasteiger partial charge in [-0.05, 0) is 84.7 Å². The summed E-state index contributed by atoms with van der Waals surface area (Å²) < 4.78 is 2.00. The summed E-state index contributed by atoms with van der Waals surface area (Å²) in [4.78, 5) is 19.2. The average Bonchev–Trinajstić information content (AvgIpc) is 3.58.